The van der Waals surface area contributed by atoms with Crippen LogP contribution in [0.1, 0.15) is 17.2 Å². The molecule has 2 nitrogen and oxygen atoms in total. The van der Waals surface area contributed by atoms with E-state index >= 15 is 0 Å². The summed E-state index contributed by atoms with van der Waals surface area (Å²) in [6.07, 6.45) is 3.27. The topological polar surface area (TPSA) is 24.9 Å². The molecule has 0 amide bonds. The van der Waals surface area contributed by atoms with Crippen molar-refractivity contribution < 1.29 is 8.78 Å². The van der Waals surface area contributed by atoms with E-state index in [2.05, 4.69) is 10.3 Å². The van der Waals surface area contributed by atoms with Crippen LogP contribution in [0.2, 0.25) is 0 Å². The lowest BCUT2D eigenvalue weighted by molar-refractivity contribution is 0.557. The second-order valence-electron chi connectivity index (χ2n) is 3.67. The summed E-state index contributed by atoms with van der Waals surface area (Å²) in [5.74, 6) is -0.889. The van der Waals surface area contributed by atoms with Crippen molar-refractivity contribution in [3.05, 3.63) is 65.5 Å². The van der Waals surface area contributed by atoms with Gasteiger partial charge >= 0.3 is 0 Å². The average Bonchev–Trinajstić information content (AvgIpc) is 2.36. The second kappa shape index (κ2) is 5.01. The molecule has 0 fully saturated rings. The maximum Gasteiger partial charge on any atom is 0.128 e. The van der Waals surface area contributed by atoms with Gasteiger partial charge in [-0.15, -0.1) is 0 Å². The Bertz CT molecular complexity index is 500. The average molecular weight is 234 g/mol. The summed E-state index contributed by atoms with van der Waals surface area (Å²) in [6.45, 7) is 0. The quantitative estimate of drug-likeness (QED) is 0.883. The van der Waals surface area contributed by atoms with Crippen molar-refractivity contribution in [2.45, 2.75) is 6.04 Å². The van der Waals surface area contributed by atoms with Crippen LogP contribution in [0, 0.1) is 11.6 Å². The molecule has 1 N–H and O–H groups in total. The standard InChI is InChI=1S/C13H12F2N2/c1-16-13(9-3-2-6-17-8-9)11-7-10(14)4-5-12(11)15/h2-8,13,16H,1H3. The number of halogens is 2. The molecule has 1 heterocycles. The highest BCUT2D eigenvalue weighted by atomic mass is 19.1. The lowest BCUT2D eigenvalue weighted by Crippen LogP contribution is -2.19. The molecule has 0 spiro atoms. The first kappa shape index (κ1) is 11.7. The van der Waals surface area contributed by atoms with Crippen LogP contribution in [-0.2, 0) is 0 Å². The van der Waals surface area contributed by atoms with Crippen molar-refractivity contribution in [1.29, 1.82) is 0 Å². The molecule has 1 atom stereocenters. The van der Waals surface area contributed by atoms with Gasteiger partial charge in [0.25, 0.3) is 0 Å². The fraction of sp³-hybridized carbons (Fsp3) is 0.154. The Morgan fingerprint density at radius 3 is 2.71 bits per heavy atom. The number of nitrogens with one attached hydrogen (secondary N) is 1. The fourth-order valence-corrected chi connectivity index (χ4v) is 1.78. The van der Waals surface area contributed by atoms with Crippen molar-refractivity contribution in [1.82, 2.24) is 10.3 Å². The summed E-state index contributed by atoms with van der Waals surface area (Å²) in [6, 6.07) is 6.61. The van der Waals surface area contributed by atoms with Gasteiger partial charge in [0.05, 0.1) is 6.04 Å². The Labute approximate surface area is 98.3 Å². The van der Waals surface area contributed by atoms with Gasteiger partial charge in [0, 0.05) is 18.0 Å². The van der Waals surface area contributed by atoms with E-state index in [4.69, 9.17) is 0 Å². The van der Waals surface area contributed by atoms with E-state index in [1.54, 1.807) is 25.5 Å². The van der Waals surface area contributed by atoms with Crippen LogP contribution in [0.5, 0.6) is 0 Å². The van der Waals surface area contributed by atoms with Crippen LogP contribution in [0.3, 0.4) is 0 Å². The first-order chi connectivity index (χ1) is 8.22. The monoisotopic (exact) mass is 234 g/mol. The van der Waals surface area contributed by atoms with Crippen molar-refractivity contribution in [2.24, 2.45) is 0 Å². The molecule has 17 heavy (non-hydrogen) atoms. The van der Waals surface area contributed by atoms with E-state index in [9.17, 15) is 8.78 Å². The fourth-order valence-electron chi connectivity index (χ4n) is 1.78. The van der Waals surface area contributed by atoms with Crippen LogP contribution in [0.4, 0.5) is 8.78 Å². The number of hydrogen-bond acceptors (Lipinski definition) is 2. The van der Waals surface area contributed by atoms with E-state index < -0.39 is 17.7 Å². The third kappa shape index (κ3) is 2.47. The molecule has 88 valence electrons. The first-order valence-corrected chi connectivity index (χ1v) is 5.24. The Kier molecular flexibility index (Phi) is 3.44. The van der Waals surface area contributed by atoms with E-state index in [-0.39, 0.29) is 5.56 Å². The maximum absolute atomic E-state index is 13.7. The Morgan fingerprint density at radius 1 is 1.24 bits per heavy atom. The molecule has 2 rings (SSSR count). The highest BCUT2D eigenvalue weighted by molar-refractivity contribution is 5.31. The van der Waals surface area contributed by atoms with Gasteiger partial charge in [-0.2, -0.15) is 0 Å². The van der Waals surface area contributed by atoms with Gasteiger partial charge in [-0.25, -0.2) is 8.78 Å². The number of hydrogen-bond donors (Lipinski definition) is 1. The van der Waals surface area contributed by atoms with Gasteiger partial charge < -0.3 is 5.32 Å². The van der Waals surface area contributed by atoms with Crippen molar-refractivity contribution in [3.8, 4) is 0 Å². The molecule has 0 bridgehead atoms. The zero-order valence-corrected chi connectivity index (χ0v) is 9.32. The number of benzene rings is 1. The number of nitrogens with zero attached hydrogens (tertiary/aromatic N) is 1. The molecule has 1 aromatic carbocycles. The molecule has 0 saturated carbocycles. The molecular formula is C13H12F2N2. The molecular weight excluding hydrogens is 222 g/mol. The molecule has 2 aromatic rings. The minimum absolute atomic E-state index is 0.278. The lowest BCUT2D eigenvalue weighted by Gasteiger charge is -2.17. The predicted octanol–water partition coefficient (Wildman–Crippen LogP) is 2.67. The molecule has 1 aromatic heterocycles. The van der Waals surface area contributed by atoms with Crippen LogP contribution >= 0.6 is 0 Å². The Hall–Kier alpha value is -1.81. The molecule has 0 aliphatic heterocycles. The smallest absolute Gasteiger partial charge is 0.128 e. The summed E-state index contributed by atoms with van der Waals surface area (Å²) in [7, 11) is 1.70. The van der Waals surface area contributed by atoms with Crippen LogP contribution < -0.4 is 5.32 Å². The van der Waals surface area contributed by atoms with E-state index in [1.807, 2.05) is 6.07 Å². The van der Waals surface area contributed by atoms with E-state index in [1.165, 1.54) is 6.07 Å². The summed E-state index contributed by atoms with van der Waals surface area (Å²) in [4.78, 5) is 3.97. The third-order valence-electron chi connectivity index (χ3n) is 2.58. The van der Waals surface area contributed by atoms with Crippen LogP contribution in [0.15, 0.2) is 42.7 Å². The van der Waals surface area contributed by atoms with Crippen molar-refractivity contribution in [3.63, 3.8) is 0 Å². The normalized spacial score (nSPS) is 12.4. The molecule has 0 aliphatic rings. The molecule has 0 radical (unpaired) electrons. The number of aromatic nitrogens is 1. The van der Waals surface area contributed by atoms with Gasteiger partial charge in [-0.3, -0.25) is 4.98 Å². The first-order valence-electron chi connectivity index (χ1n) is 5.24. The summed E-state index contributed by atoms with van der Waals surface area (Å²) >= 11 is 0. The van der Waals surface area contributed by atoms with Gasteiger partial charge in [0.1, 0.15) is 11.6 Å². The SMILES string of the molecule is CNC(c1cccnc1)c1cc(F)ccc1F. The Morgan fingerprint density at radius 2 is 2.06 bits per heavy atom. The zero-order chi connectivity index (χ0) is 12.3. The minimum Gasteiger partial charge on any atom is -0.309 e. The largest absolute Gasteiger partial charge is 0.309 e. The van der Waals surface area contributed by atoms with Gasteiger partial charge in [-0.1, -0.05) is 6.07 Å². The highest BCUT2D eigenvalue weighted by Gasteiger charge is 2.16. The Balaban J connectivity index is 2.46. The second-order valence-corrected chi connectivity index (χ2v) is 3.67. The summed E-state index contributed by atoms with van der Waals surface area (Å²) in [5, 5.41) is 2.96. The minimum atomic E-state index is -0.453. The maximum atomic E-state index is 13.7. The third-order valence-corrected chi connectivity index (χ3v) is 2.58. The van der Waals surface area contributed by atoms with E-state index in [0.29, 0.717) is 0 Å². The summed E-state index contributed by atoms with van der Waals surface area (Å²) in [5.41, 5.74) is 1.07. The van der Waals surface area contributed by atoms with Gasteiger partial charge in [0.2, 0.25) is 0 Å². The number of rotatable bonds is 3. The zero-order valence-electron chi connectivity index (χ0n) is 9.32. The molecule has 0 saturated heterocycles. The van der Waals surface area contributed by atoms with Crippen molar-refractivity contribution >= 4 is 0 Å². The lowest BCUT2D eigenvalue weighted by atomic mass is 10.00. The molecule has 1 unspecified atom stereocenters. The molecule has 0 aliphatic carbocycles. The highest BCUT2D eigenvalue weighted by Crippen LogP contribution is 2.24. The van der Waals surface area contributed by atoms with E-state index in [0.717, 1.165) is 17.7 Å². The van der Waals surface area contributed by atoms with Crippen LogP contribution in [-0.4, -0.2) is 12.0 Å². The number of pyridine rings is 1. The predicted molar refractivity (Wildman–Crippen MR) is 61.5 cm³/mol. The molecule has 4 heteroatoms. The van der Waals surface area contributed by atoms with Crippen LogP contribution in [0.25, 0.3) is 0 Å². The van der Waals surface area contributed by atoms with Crippen molar-refractivity contribution in [2.75, 3.05) is 7.05 Å². The summed E-state index contributed by atoms with van der Waals surface area (Å²) < 4.78 is 26.8. The van der Waals surface area contributed by atoms with Gasteiger partial charge in [0.15, 0.2) is 0 Å². The van der Waals surface area contributed by atoms with Gasteiger partial charge in [-0.05, 0) is 36.9 Å².